The summed E-state index contributed by atoms with van der Waals surface area (Å²) in [6.45, 7) is 7.75. The number of benzene rings is 1. The Morgan fingerprint density at radius 3 is 2.65 bits per heavy atom. The molecule has 1 fully saturated rings. The molecule has 0 bridgehead atoms. The molecule has 1 aliphatic rings. The Balaban J connectivity index is 1.26. The maximum Gasteiger partial charge on any atom is 0.227 e. The van der Waals surface area contributed by atoms with Gasteiger partial charge in [0, 0.05) is 51.3 Å². The van der Waals surface area contributed by atoms with Gasteiger partial charge in [0.25, 0.3) is 0 Å². The van der Waals surface area contributed by atoms with Crippen LogP contribution in [0.1, 0.15) is 24.6 Å². The minimum absolute atomic E-state index is 0.0368. The zero-order valence-corrected chi connectivity index (χ0v) is 15.4. The van der Waals surface area contributed by atoms with Crippen molar-refractivity contribution in [2.24, 2.45) is 0 Å². The Bertz CT molecular complexity index is 680. The average Bonchev–Trinajstić information content (AvgIpc) is 3.10. The molecule has 140 valence electrons. The number of carbonyl (C=O) groups is 1. The van der Waals surface area contributed by atoms with E-state index in [1.54, 1.807) is 6.92 Å². The second-order valence-electron chi connectivity index (χ2n) is 6.60. The molecule has 0 atom stereocenters. The second kappa shape index (κ2) is 9.33. The Kier molecular flexibility index (Phi) is 6.60. The zero-order chi connectivity index (χ0) is 18.2. The molecule has 0 radical (unpaired) electrons. The molecule has 7 nitrogen and oxygen atoms in total. The Labute approximate surface area is 154 Å². The second-order valence-corrected chi connectivity index (χ2v) is 6.60. The molecule has 0 unspecified atom stereocenters. The van der Waals surface area contributed by atoms with Crippen LogP contribution in [-0.2, 0) is 11.2 Å². The Morgan fingerprint density at radius 2 is 1.96 bits per heavy atom. The first-order valence-corrected chi connectivity index (χ1v) is 9.29. The summed E-state index contributed by atoms with van der Waals surface area (Å²) >= 11 is 0. The van der Waals surface area contributed by atoms with Crippen molar-refractivity contribution in [1.29, 1.82) is 0 Å². The van der Waals surface area contributed by atoms with Crippen LogP contribution in [0.15, 0.2) is 34.9 Å². The molecule has 0 spiro atoms. The van der Waals surface area contributed by atoms with Gasteiger partial charge in [-0.25, -0.2) is 0 Å². The maximum atomic E-state index is 11.9. The van der Waals surface area contributed by atoms with E-state index in [-0.39, 0.29) is 5.91 Å². The van der Waals surface area contributed by atoms with E-state index in [0.717, 1.165) is 39.1 Å². The van der Waals surface area contributed by atoms with Gasteiger partial charge in [-0.15, -0.1) is 0 Å². The van der Waals surface area contributed by atoms with E-state index in [1.807, 2.05) is 0 Å². The monoisotopic (exact) mass is 357 g/mol. The molecule has 0 aliphatic carbocycles. The number of nitrogens with one attached hydrogen (secondary N) is 1. The molecule has 7 heteroatoms. The topological polar surface area (TPSA) is 74.5 Å². The van der Waals surface area contributed by atoms with E-state index in [4.69, 9.17) is 4.52 Å². The number of aromatic nitrogens is 2. The van der Waals surface area contributed by atoms with Gasteiger partial charge >= 0.3 is 0 Å². The van der Waals surface area contributed by atoms with Crippen molar-refractivity contribution < 1.29 is 9.32 Å². The van der Waals surface area contributed by atoms with Gasteiger partial charge in [0.05, 0.1) is 0 Å². The molecule has 1 aliphatic heterocycles. The smallest absolute Gasteiger partial charge is 0.227 e. The normalized spacial score (nSPS) is 15.2. The lowest BCUT2D eigenvalue weighted by atomic mass is 10.2. The van der Waals surface area contributed by atoms with Crippen molar-refractivity contribution in [2.45, 2.75) is 26.2 Å². The summed E-state index contributed by atoms with van der Waals surface area (Å²) in [6, 6.07) is 10.6. The lowest BCUT2D eigenvalue weighted by Gasteiger charge is -2.36. The molecule has 2 aromatic rings. The molecule has 2 heterocycles. The molecule has 1 aromatic carbocycles. The fourth-order valence-electron chi connectivity index (χ4n) is 3.15. The third kappa shape index (κ3) is 5.56. The molecule has 1 saturated heterocycles. The third-order valence-corrected chi connectivity index (χ3v) is 4.60. The lowest BCUT2D eigenvalue weighted by molar-refractivity contribution is -0.121. The number of carbonyl (C=O) groups excluding carboxylic acids is 1. The first-order chi connectivity index (χ1) is 12.7. The van der Waals surface area contributed by atoms with Gasteiger partial charge in [-0.05, 0) is 32.0 Å². The molecule has 3 rings (SSSR count). The van der Waals surface area contributed by atoms with Gasteiger partial charge in [0.2, 0.25) is 11.8 Å². The Hall–Kier alpha value is -2.41. The molecule has 26 heavy (non-hydrogen) atoms. The quantitative estimate of drug-likeness (QED) is 0.724. The van der Waals surface area contributed by atoms with Crippen LogP contribution in [-0.4, -0.2) is 60.2 Å². The van der Waals surface area contributed by atoms with Gasteiger partial charge in [-0.1, -0.05) is 23.4 Å². The predicted octanol–water partition coefficient (Wildman–Crippen LogP) is 1.64. The Morgan fingerprint density at radius 1 is 1.19 bits per heavy atom. The van der Waals surface area contributed by atoms with Crippen LogP contribution >= 0.6 is 0 Å². The number of para-hydroxylation sites is 1. The van der Waals surface area contributed by atoms with Crippen LogP contribution in [0.5, 0.6) is 0 Å². The largest absolute Gasteiger partial charge is 0.369 e. The van der Waals surface area contributed by atoms with Crippen LogP contribution in [0.2, 0.25) is 0 Å². The van der Waals surface area contributed by atoms with Crippen LogP contribution in [0.3, 0.4) is 0 Å². The first kappa shape index (κ1) is 18.4. The summed E-state index contributed by atoms with van der Waals surface area (Å²) < 4.78 is 5.01. The van der Waals surface area contributed by atoms with Gasteiger partial charge in [0.15, 0.2) is 5.82 Å². The van der Waals surface area contributed by atoms with Gasteiger partial charge in [-0.3, -0.25) is 9.69 Å². The summed E-state index contributed by atoms with van der Waals surface area (Å²) in [4.78, 5) is 20.8. The summed E-state index contributed by atoms with van der Waals surface area (Å²) in [6.07, 6.45) is 1.85. The predicted molar refractivity (Wildman–Crippen MR) is 100 cm³/mol. The standard InChI is InChI=1S/C19H27N5O2/c1-16-21-19(26-22-16)9-8-18(25)20-10-5-11-23-12-14-24(15-13-23)17-6-3-2-4-7-17/h2-4,6-7H,5,8-15H2,1H3,(H,20,25). The fraction of sp³-hybridized carbons (Fsp3) is 0.526. The van der Waals surface area contributed by atoms with Crippen molar-refractivity contribution in [1.82, 2.24) is 20.4 Å². The minimum Gasteiger partial charge on any atom is -0.369 e. The highest BCUT2D eigenvalue weighted by molar-refractivity contribution is 5.75. The summed E-state index contributed by atoms with van der Waals surface area (Å²) in [5.74, 6) is 1.16. The summed E-state index contributed by atoms with van der Waals surface area (Å²) in [5, 5.41) is 6.69. The van der Waals surface area contributed by atoms with Crippen LogP contribution < -0.4 is 10.2 Å². The minimum atomic E-state index is 0.0368. The molecule has 0 saturated carbocycles. The number of nitrogens with zero attached hydrogens (tertiary/aromatic N) is 4. The van der Waals surface area contributed by atoms with E-state index in [9.17, 15) is 4.79 Å². The summed E-state index contributed by atoms with van der Waals surface area (Å²) in [7, 11) is 0. The molecule has 1 N–H and O–H groups in total. The van der Waals surface area contributed by atoms with E-state index >= 15 is 0 Å². The molecule has 1 amide bonds. The maximum absolute atomic E-state index is 11.9. The number of hydrogen-bond acceptors (Lipinski definition) is 6. The highest BCUT2D eigenvalue weighted by atomic mass is 16.5. The number of hydrogen-bond donors (Lipinski definition) is 1. The van der Waals surface area contributed by atoms with Crippen molar-refractivity contribution in [2.75, 3.05) is 44.2 Å². The third-order valence-electron chi connectivity index (χ3n) is 4.60. The number of amides is 1. The van der Waals surface area contributed by atoms with Crippen LogP contribution in [0.25, 0.3) is 0 Å². The number of piperazine rings is 1. The lowest BCUT2D eigenvalue weighted by Crippen LogP contribution is -2.47. The molecular formula is C19H27N5O2. The van der Waals surface area contributed by atoms with Gasteiger partial charge in [-0.2, -0.15) is 4.98 Å². The SMILES string of the molecule is Cc1noc(CCC(=O)NCCCN2CCN(c3ccccc3)CC2)n1. The van der Waals surface area contributed by atoms with Crippen molar-refractivity contribution >= 4 is 11.6 Å². The average molecular weight is 357 g/mol. The van der Waals surface area contributed by atoms with Gasteiger partial charge in [0.1, 0.15) is 0 Å². The van der Waals surface area contributed by atoms with Gasteiger partial charge < -0.3 is 14.7 Å². The summed E-state index contributed by atoms with van der Waals surface area (Å²) in [5.41, 5.74) is 1.30. The number of aryl methyl sites for hydroxylation is 2. The highest BCUT2D eigenvalue weighted by Gasteiger charge is 2.16. The van der Waals surface area contributed by atoms with E-state index in [2.05, 4.69) is 55.6 Å². The highest BCUT2D eigenvalue weighted by Crippen LogP contribution is 2.15. The van der Waals surface area contributed by atoms with E-state index in [1.165, 1.54) is 5.69 Å². The van der Waals surface area contributed by atoms with Crippen molar-refractivity contribution in [3.05, 3.63) is 42.0 Å². The van der Waals surface area contributed by atoms with Crippen molar-refractivity contribution in [3.63, 3.8) is 0 Å². The van der Waals surface area contributed by atoms with Crippen molar-refractivity contribution in [3.8, 4) is 0 Å². The molecule has 1 aromatic heterocycles. The van der Waals surface area contributed by atoms with E-state index in [0.29, 0.717) is 31.1 Å². The zero-order valence-electron chi connectivity index (χ0n) is 15.4. The number of anilines is 1. The first-order valence-electron chi connectivity index (χ1n) is 9.29. The van der Waals surface area contributed by atoms with E-state index < -0.39 is 0 Å². The fourth-order valence-corrected chi connectivity index (χ4v) is 3.15. The molecular weight excluding hydrogens is 330 g/mol. The number of rotatable bonds is 8. The van der Waals surface area contributed by atoms with Crippen LogP contribution in [0.4, 0.5) is 5.69 Å². The van der Waals surface area contributed by atoms with Crippen LogP contribution in [0, 0.1) is 6.92 Å².